The SMILES string of the molecule is Bc1cc(F)cc(Br)c1-n1nc(C2CCN(C(=O)OC(C)(C)C)CC2)cc1NC. The van der Waals surface area contributed by atoms with Crippen LogP contribution in [0.5, 0.6) is 0 Å². The Labute approximate surface area is 180 Å². The van der Waals surface area contributed by atoms with E-state index in [-0.39, 0.29) is 17.8 Å². The van der Waals surface area contributed by atoms with Crippen molar-refractivity contribution in [2.75, 3.05) is 25.5 Å². The number of amides is 1. The van der Waals surface area contributed by atoms with E-state index in [4.69, 9.17) is 9.84 Å². The van der Waals surface area contributed by atoms with Crippen LogP contribution in [0.1, 0.15) is 45.2 Å². The minimum absolute atomic E-state index is 0.251. The first-order valence-corrected chi connectivity index (χ1v) is 10.6. The molecule has 1 N–H and O–H groups in total. The maximum atomic E-state index is 13.7. The number of anilines is 1. The van der Waals surface area contributed by atoms with Gasteiger partial charge in [0.1, 0.15) is 25.1 Å². The quantitative estimate of drug-likeness (QED) is 0.708. The highest BCUT2D eigenvalue weighted by Gasteiger charge is 2.29. The number of piperidine rings is 1. The Morgan fingerprint density at radius 2 is 1.97 bits per heavy atom. The number of carbonyl (C=O) groups is 1. The number of benzene rings is 1. The molecule has 1 fully saturated rings. The molecular weight excluding hydrogens is 438 g/mol. The van der Waals surface area contributed by atoms with E-state index in [0.717, 1.165) is 35.5 Å². The number of halogens is 2. The van der Waals surface area contributed by atoms with Crippen LogP contribution in [-0.2, 0) is 4.74 Å². The summed E-state index contributed by atoms with van der Waals surface area (Å²) in [4.78, 5) is 14.0. The molecular formula is C20H27BBrFN4O2. The van der Waals surface area contributed by atoms with Gasteiger partial charge in [-0.3, -0.25) is 0 Å². The van der Waals surface area contributed by atoms with E-state index < -0.39 is 5.60 Å². The van der Waals surface area contributed by atoms with Crippen LogP contribution in [0.25, 0.3) is 5.69 Å². The zero-order valence-corrected chi connectivity index (χ0v) is 19.1. The Morgan fingerprint density at radius 1 is 1.31 bits per heavy atom. The van der Waals surface area contributed by atoms with Crippen LogP contribution in [0.15, 0.2) is 22.7 Å². The van der Waals surface area contributed by atoms with Crippen molar-refractivity contribution >= 4 is 41.2 Å². The summed E-state index contributed by atoms with van der Waals surface area (Å²) in [5.74, 6) is 0.803. The summed E-state index contributed by atoms with van der Waals surface area (Å²) in [5, 5.41) is 8.00. The highest BCUT2D eigenvalue weighted by Crippen LogP contribution is 2.31. The molecule has 2 heterocycles. The van der Waals surface area contributed by atoms with Gasteiger partial charge in [-0.25, -0.2) is 13.9 Å². The number of carbonyl (C=O) groups excluding carboxylic acids is 1. The molecule has 156 valence electrons. The number of nitrogens with one attached hydrogen (secondary N) is 1. The standard InChI is InChI=1S/C20H27BBrFN4O2/c1-20(2,3)29-19(28)26-7-5-12(6-8-26)16-11-17(24-4)27(25-16)18-14(21)9-13(23)10-15(18)22/h9-12,24H,5-8,21H2,1-4H3. The molecule has 0 bridgehead atoms. The molecule has 1 amide bonds. The molecule has 0 spiro atoms. The van der Waals surface area contributed by atoms with Crippen molar-refractivity contribution in [2.24, 2.45) is 0 Å². The second-order valence-corrected chi connectivity index (χ2v) is 9.27. The van der Waals surface area contributed by atoms with Gasteiger partial charge in [-0.2, -0.15) is 5.10 Å². The molecule has 1 saturated heterocycles. The highest BCUT2D eigenvalue weighted by atomic mass is 79.9. The summed E-state index contributed by atoms with van der Waals surface area (Å²) < 4.78 is 21.6. The van der Waals surface area contributed by atoms with Gasteiger partial charge < -0.3 is 15.0 Å². The lowest BCUT2D eigenvalue weighted by molar-refractivity contribution is 0.0204. The molecule has 1 aliphatic heterocycles. The smallest absolute Gasteiger partial charge is 0.410 e. The third kappa shape index (κ3) is 4.94. The van der Waals surface area contributed by atoms with E-state index in [0.29, 0.717) is 17.6 Å². The number of aromatic nitrogens is 2. The lowest BCUT2D eigenvalue weighted by atomic mass is 9.94. The van der Waals surface area contributed by atoms with Crippen LogP contribution in [0, 0.1) is 5.82 Å². The van der Waals surface area contributed by atoms with Crippen LogP contribution < -0.4 is 10.8 Å². The monoisotopic (exact) mass is 464 g/mol. The summed E-state index contributed by atoms with van der Waals surface area (Å²) in [5.41, 5.74) is 2.08. The summed E-state index contributed by atoms with van der Waals surface area (Å²) in [7, 11) is 3.71. The lowest BCUT2D eigenvalue weighted by Crippen LogP contribution is -2.41. The number of rotatable bonds is 3. The molecule has 0 unspecified atom stereocenters. The van der Waals surface area contributed by atoms with Gasteiger partial charge in [0.15, 0.2) is 0 Å². The maximum absolute atomic E-state index is 13.7. The third-order valence-corrected chi connectivity index (χ3v) is 5.58. The van der Waals surface area contributed by atoms with Crippen molar-refractivity contribution in [1.82, 2.24) is 14.7 Å². The second kappa shape index (κ2) is 8.38. The predicted octanol–water partition coefficient (Wildman–Crippen LogP) is 3.19. The van der Waals surface area contributed by atoms with Gasteiger partial charge in [0, 0.05) is 36.6 Å². The summed E-state index contributed by atoms with van der Waals surface area (Å²) in [6.45, 7) is 6.90. The first-order chi connectivity index (χ1) is 13.6. The Kier molecular flexibility index (Phi) is 6.26. The lowest BCUT2D eigenvalue weighted by Gasteiger charge is -2.32. The normalized spacial score (nSPS) is 15.4. The zero-order valence-electron chi connectivity index (χ0n) is 17.6. The van der Waals surface area contributed by atoms with Crippen LogP contribution in [0.3, 0.4) is 0 Å². The maximum Gasteiger partial charge on any atom is 0.410 e. The fraction of sp³-hybridized carbons (Fsp3) is 0.500. The fourth-order valence-corrected chi connectivity index (χ4v) is 4.29. The molecule has 9 heteroatoms. The van der Waals surface area contributed by atoms with E-state index in [1.807, 2.05) is 46.4 Å². The molecule has 1 aromatic carbocycles. The Balaban J connectivity index is 1.78. The molecule has 1 aromatic heterocycles. The van der Waals surface area contributed by atoms with Crippen LogP contribution in [0.4, 0.5) is 15.0 Å². The first-order valence-electron chi connectivity index (χ1n) is 9.80. The minimum Gasteiger partial charge on any atom is -0.444 e. The molecule has 3 rings (SSSR count). The minimum atomic E-state index is -0.491. The van der Waals surface area contributed by atoms with E-state index in [9.17, 15) is 9.18 Å². The number of ether oxygens (including phenoxy) is 1. The van der Waals surface area contributed by atoms with Crippen molar-refractivity contribution in [3.05, 3.63) is 34.2 Å². The Bertz CT molecular complexity index is 881. The van der Waals surface area contributed by atoms with E-state index >= 15 is 0 Å². The van der Waals surface area contributed by atoms with Crippen LogP contribution >= 0.6 is 15.9 Å². The summed E-state index contributed by atoms with van der Waals surface area (Å²) >= 11 is 3.46. The van der Waals surface area contributed by atoms with Gasteiger partial charge in [-0.05, 0) is 61.7 Å². The van der Waals surface area contributed by atoms with Crippen molar-refractivity contribution in [1.29, 1.82) is 0 Å². The molecule has 1 aliphatic rings. The molecule has 0 aliphatic carbocycles. The van der Waals surface area contributed by atoms with Crippen LogP contribution in [-0.4, -0.2) is 54.4 Å². The van der Waals surface area contributed by atoms with E-state index in [2.05, 4.69) is 21.2 Å². The Hall–Kier alpha value is -2.03. The topological polar surface area (TPSA) is 59.4 Å². The average molecular weight is 465 g/mol. The number of hydrogen-bond donors (Lipinski definition) is 1. The summed E-state index contributed by atoms with van der Waals surface area (Å²) in [6.07, 6.45) is 1.38. The van der Waals surface area contributed by atoms with E-state index in [1.165, 1.54) is 12.1 Å². The molecule has 29 heavy (non-hydrogen) atoms. The van der Waals surface area contributed by atoms with Crippen molar-refractivity contribution < 1.29 is 13.9 Å². The first kappa shape index (κ1) is 21.7. The fourth-order valence-electron chi connectivity index (χ4n) is 3.59. The van der Waals surface area contributed by atoms with Gasteiger partial charge >= 0.3 is 6.09 Å². The molecule has 0 atom stereocenters. The van der Waals surface area contributed by atoms with Crippen molar-refractivity contribution in [3.8, 4) is 5.69 Å². The molecule has 2 aromatic rings. The van der Waals surface area contributed by atoms with Crippen molar-refractivity contribution in [2.45, 2.75) is 45.1 Å². The predicted molar refractivity (Wildman–Crippen MR) is 119 cm³/mol. The average Bonchev–Trinajstić information content (AvgIpc) is 3.03. The molecule has 0 radical (unpaired) electrons. The number of hydrogen-bond acceptors (Lipinski definition) is 4. The highest BCUT2D eigenvalue weighted by molar-refractivity contribution is 9.10. The van der Waals surface area contributed by atoms with Gasteiger partial charge in [0.05, 0.1) is 11.4 Å². The van der Waals surface area contributed by atoms with E-state index in [1.54, 1.807) is 4.90 Å². The second-order valence-electron chi connectivity index (χ2n) is 8.41. The molecule has 6 nitrogen and oxygen atoms in total. The number of likely N-dealkylation sites (tertiary alicyclic amines) is 1. The summed E-state index contributed by atoms with van der Waals surface area (Å²) in [6, 6.07) is 4.98. The largest absolute Gasteiger partial charge is 0.444 e. The third-order valence-electron chi connectivity index (χ3n) is 4.98. The Morgan fingerprint density at radius 3 is 2.52 bits per heavy atom. The van der Waals surface area contributed by atoms with Crippen molar-refractivity contribution in [3.63, 3.8) is 0 Å². The molecule has 0 saturated carbocycles. The van der Waals surface area contributed by atoms with Gasteiger partial charge in [-0.1, -0.05) is 5.46 Å². The van der Waals surface area contributed by atoms with Gasteiger partial charge in [0.25, 0.3) is 0 Å². The van der Waals surface area contributed by atoms with Gasteiger partial charge in [-0.15, -0.1) is 0 Å². The zero-order chi connectivity index (χ0) is 21.3. The van der Waals surface area contributed by atoms with Crippen LogP contribution in [0.2, 0.25) is 0 Å². The number of nitrogens with zero attached hydrogens (tertiary/aromatic N) is 3. The van der Waals surface area contributed by atoms with Gasteiger partial charge in [0.2, 0.25) is 0 Å².